The number of nitrogens with one attached hydrogen (secondary N) is 1. The summed E-state index contributed by atoms with van der Waals surface area (Å²) in [6.07, 6.45) is 2.16. The van der Waals surface area contributed by atoms with Gasteiger partial charge in [0.2, 0.25) is 0 Å². The average molecular weight is 271 g/mol. The van der Waals surface area contributed by atoms with Gasteiger partial charge in [0.05, 0.1) is 0 Å². The summed E-state index contributed by atoms with van der Waals surface area (Å²) in [5, 5.41) is 11.5. The molecule has 2 unspecified atom stereocenters. The lowest BCUT2D eigenvalue weighted by molar-refractivity contribution is -0.137. The molecule has 0 saturated carbocycles. The van der Waals surface area contributed by atoms with Crippen LogP contribution in [0.5, 0.6) is 0 Å². The van der Waals surface area contributed by atoms with E-state index >= 15 is 0 Å². The fourth-order valence-electron chi connectivity index (χ4n) is 2.45. The molecule has 2 amide bonds. The van der Waals surface area contributed by atoms with Crippen molar-refractivity contribution in [3.63, 3.8) is 0 Å². The number of likely N-dealkylation sites (tertiary alicyclic amines) is 1. The van der Waals surface area contributed by atoms with Crippen LogP contribution in [-0.4, -0.2) is 66.7 Å². The SMILES string of the molecule is CC(CNC(=O)N1CCCC1CN(C)C)CC(=O)O. The minimum Gasteiger partial charge on any atom is -0.481 e. The van der Waals surface area contributed by atoms with Crippen molar-refractivity contribution in [2.45, 2.75) is 32.2 Å². The maximum Gasteiger partial charge on any atom is 0.317 e. The van der Waals surface area contributed by atoms with Crippen LogP contribution in [0.3, 0.4) is 0 Å². The first-order valence-corrected chi connectivity index (χ1v) is 6.81. The molecule has 1 rings (SSSR count). The highest BCUT2D eigenvalue weighted by Gasteiger charge is 2.28. The van der Waals surface area contributed by atoms with Crippen molar-refractivity contribution in [2.75, 3.05) is 33.7 Å². The number of likely N-dealkylation sites (N-methyl/N-ethyl adjacent to an activating group) is 1. The van der Waals surface area contributed by atoms with E-state index in [4.69, 9.17) is 5.11 Å². The smallest absolute Gasteiger partial charge is 0.317 e. The molecule has 1 heterocycles. The quantitative estimate of drug-likeness (QED) is 0.750. The molecule has 0 radical (unpaired) electrons. The molecule has 110 valence electrons. The number of carbonyl (C=O) groups is 2. The Morgan fingerprint density at radius 1 is 1.47 bits per heavy atom. The molecular weight excluding hydrogens is 246 g/mol. The van der Waals surface area contributed by atoms with E-state index in [0.29, 0.717) is 6.54 Å². The normalized spacial score (nSPS) is 20.6. The number of urea groups is 1. The van der Waals surface area contributed by atoms with Crippen LogP contribution in [0.1, 0.15) is 26.2 Å². The van der Waals surface area contributed by atoms with Crippen LogP contribution in [0.4, 0.5) is 4.79 Å². The minimum atomic E-state index is -0.826. The van der Waals surface area contributed by atoms with E-state index in [1.165, 1.54) is 0 Å². The van der Waals surface area contributed by atoms with Gasteiger partial charge in [-0.1, -0.05) is 6.92 Å². The molecule has 1 fully saturated rings. The lowest BCUT2D eigenvalue weighted by Crippen LogP contribution is -2.47. The van der Waals surface area contributed by atoms with Crippen molar-refractivity contribution in [2.24, 2.45) is 5.92 Å². The molecule has 0 aromatic heterocycles. The molecule has 1 aliphatic heterocycles. The number of hydrogen-bond acceptors (Lipinski definition) is 3. The standard InChI is InChI=1S/C13H25N3O3/c1-10(7-12(17)18)8-14-13(19)16-6-4-5-11(16)9-15(2)3/h10-11H,4-9H2,1-3H3,(H,14,19)(H,17,18). The summed E-state index contributed by atoms with van der Waals surface area (Å²) in [5.41, 5.74) is 0. The maximum absolute atomic E-state index is 12.1. The van der Waals surface area contributed by atoms with Crippen molar-refractivity contribution in [3.8, 4) is 0 Å². The lowest BCUT2D eigenvalue weighted by atomic mass is 10.1. The Labute approximate surface area is 114 Å². The van der Waals surface area contributed by atoms with Gasteiger partial charge in [-0.15, -0.1) is 0 Å². The summed E-state index contributed by atoms with van der Waals surface area (Å²) in [5.74, 6) is -0.871. The van der Waals surface area contributed by atoms with Crippen LogP contribution in [0.25, 0.3) is 0 Å². The van der Waals surface area contributed by atoms with Crippen molar-refractivity contribution in [1.29, 1.82) is 0 Å². The average Bonchev–Trinajstić information content (AvgIpc) is 2.72. The second-order valence-corrected chi connectivity index (χ2v) is 5.64. The Balaban J connectivity index is 2.37. The Morgan fingerprint density at radius 2 is 2.16 bits per heavy atom. The van der Waals surface area contributed by atoms with E-state index in [9.17, 15) is 9.59 Å². The molecule has 2 N–H and O–H groups in total. The van der Waals surface area contributed by atoms with E-state index in [1.807, 2.05) is 25.9 Å². The van der Waals surface area contributed by atoms with Crippen molar-refractivity contribution >= 4 is 12.0 Å². The summed E-state index contributed by atoms with van der Waals surface area (Å²) in [7, 11) is 4.01. The lowest BCUT2D eigenvalue weighted by Gasteiger charge is -2.27. The Bertz CT molecular complexity index is 320. The monoisotopic (exact) mass is 271 g/mol. The first-order valence-electron chi connectivity index (χ1n) is 6.81. The van der Waals surface area contributed by atoms with Crippen molar-refractivity contribution in [1.82, 2.24) is 15.1 Å². The number of carbonyl (C=O) groups excluding carboxylic acids is 1. The van der Waals surface area contributed by atoms with Gasteiger partial charge < -0.3 is 20.2 Å². The van der Waals surface area contributed by atoms with E-state index in [1.54, 1.807) is 0 Å². The first kappa shape index (κ1) is 15.8. The van der Waals surface area contributed by atoms with Gasteiger partial charge >= 0.3 is 12.0 Å². The molecular formula is C13H25N3O3. The van der Waals surface area contributed by atoms with Crippen LogP contribution in [0.15, 0.2) is 0 Å². The number of amides is 2. The molecule has 6 nitrogen and oxygen atoms in total. The van der Waals surface area contributed by atoms with Gasteiger partial charge in [-0.2, -0.15) is 0 Å². The number of carboxylic acids is 1. The number of nitrogens with zero attached hydrogens (tertiary/aromatic N) is 2. The maximum atomic E-state index is 12.1. The number of rotatable bonds is 6. The third-order valence-corrected chi connectivity index (χ3v) is 3.34. The summed E-state index contributed by atoms with van der Waals surface area (Å²) in [4.78, 5) is 26.6. The summed E-state index contributed by atoms with van der Waals surface area (Å²) < 4.78 is 0. The molecule has 0 aromatic rings. The van der Waals surface area contributed by atoms with Gasteiger partial charge in [-0.05, 0) is 32.9 Å². The largest absolute Gasteiger partial charge is 0.481 e. The van der Waals surface area contributed by atoms with E-state index in [-0.39, 0.29) is 24.4 Å². The molecule has 1 aliphatic rings. The van der Waals surface area contributed by atoms with Crippen molar-refractivity contribution < 1.29 is 14.7 Å². The highest BCUT2D eigenvalue weighted by Crippen LogP contribution is 2.17. The van der Waals surface area contributed by atoms with Gasteiger partial charge in [-0.25, -0.2) is 4.79 Å². The number of carboxylic acid groups (broad SMARTS) is 1. The summed E-state index contributed by atoms with van der Waals surface area (Å²) in [6, 6.07) is 0.200. The van der Waals surface area contributed by atoms with E-state index in [2.05, 4.69) is 10.2 Å². The van der Waals surface area contributed by atoms with Crippen LogP contribution in [-0.2, 0) is 4.79 Å². The van der Waals surface area contributed by atoms with E-state index < -0.39 is 5.97 Å². The van der Waals surface area contributed by atoms with Crippen LogP contribution in [0, 0.1) is 5.92 Å². The second-order valence-electron chi connectivity index (χ2n) is 5.64. The zero-order chi connectivity index (χ0) is 14.4. The Kier molecular flexibility index (Phi) is 6.08. The fourth-order valence-corrected chi connectivity index (χ4v) is 2.45. The molecule has 0 aromatic carbocycles. The zero-order valence-corrected chi connectivity index (χ0v) is 12.1. The van der Waals surface area contributed by atoms with Gasteiger partial charge in [0.15, 0.2) is 0 Å². The second kappa shape index (κ2) is 7.33. The number of aliphatic carboxylic acids is 1. The molecule has 0 bridgehead atoms. The molecule has 1 saturated heterocycles. The summed E-state index contributed by atoms with van der Waals surface area (Å²) >= 11 is 0. The zero-order valence-electron chi connectivity index (χ0n) is 12.1. The molecule has 19 heavy (non-hydrogen) atoms. The predicted octanol–water partition coefficient (Wildman–Crippen LogP) is 0.833. The van der Waals surface area contributed by atoms with Crippen molar-refractivity contribution in [3.05, 3.63) is 0 Å². The van der Waals surface area contributed by atoms with Crippen LogP contribution >= 0.6 is 0 Å². The first-order chi connectivity index (χ1) is 8.90. The summed E-state index contributed by atoms with van der Waals surface area (Å²) in [6.45, 7) is 3.90. The fraction of sp³-hybridized carbons (Fsp3) is 0.846. The highest BCUT2D eigenvalue weighted by atomic mass is 16.4. The third kappa shape index (κ3) is 5.46. The van der Waals surface area contributed by atoms with Crippen LogP contribution in [0.2, 0.25) is 0 Å². The highest BCUT2D eigenvalue weighted by molar-refractivity contribution is 5.75. The van der Waals surface area contributed by atoms with Gasteiger partial charge in [0.25, 0.3) is 0 Å². The van der Waals surface area contributed by atoms with Gasteiger partial charge in [0.1, 0.15) is 0 Å². The van der Waals surface area contributed by atoms with Gasteiger partial charge in [0, 0.05) is 32.1 Å². The molecule has 2 atom stereocenters. The Morgan fingerprint density at radius 3 is 2.74 bits per heavy atom. The molecule has 0 aliphatic carbocycles. The third-order valence-electron chi connectivity index (χ3n) is 3.34. The molecule has 0 spiro atoms. The van der Waals surface area contributed by atoms with E-state index in [0.717, 1.165) is 25.9 Å². The Hall–Kier alpha value is -1.30. The predicted molar refractivity (Wildman–Crippen MR) is 73.1 cm³/mol. The number of hydrogen-bond donors (Lipinski definition) is 2. The topological polar surface area (TPSA) is 72.9 Å². The minimum absolute atomic E-state index is 0.0450. The van der Waals surface area contributed by atoms with Gasteiger partial charge in [-0.3, -0.25) is 4.79 Å². The van der Waals surface area contributed by atoms with Crippen LogP contribution < -0.4 is 5.32 Å². The molecule has 6 heteroatoms.